The fraction of sp³-hybridized carbons (Fsp3) is 1.00. The molecule has 0 radical (unpaired) electrons. The third kappa shape index (κ3) is 5.98. The van der Waals surface area contributed by atoms with Gasteiger partial charge in [0.15, 0.2) is 0 Å². The van der Waals surface area contributed by atoms with Crippen LogP contribution in [0.15, 0.2) is 0 Å². The van der Waals surface area contributed by atoms with E-state index in [0.29, 0.717) is 6.92 Å². The van der Waals surface area contributed by atoms with Crippen molar-refractivity contribution in [2.45, 2.75) is 20.1 Å². The van der Waals surface area contributed by atoms with Gasteiger partial charge in [0.1, 0.15) is 0 Å². The van der Waals surface area contributed by atoms with Gasteiger partial charge in [-0.25, -0.2) is 0 Å². The molecule has 0 aliphatic rings. The van der Waals surface area contributed by atoms with Crippen molar-refractivity contribution >= 4 is 6.92 Å². The van der Waals surface area contributed by atoms with Crippen LogP contribution in [0.4, 0.5) is 0 Å². The van der Waals surface area contributed by atoms with Gasteiger partial charge in [-0.1, -0.05) is 13.6 Å². The fourth-order valence-electron chi connectivity index (χ4n) is 0.402. The highest BCUT2D eigenvalue weighted by atomic mass is 16.4. The molecule has 0 aromatic carbocycles. The molecule has 0 atom stereocenters. The first-order valence-electron chi connectivity index (χ1n) is 3.09. The second kappa shape index (κ2) is 5.13. The molecule has 0 aliphatic carbocycles. The van der Waals surface area contributed by atoms with Gasteiger partial charge in [0.25, 0.3) is 6.92 Å². The van der Waals surface area contributed by atoms with Gasteiger partial charge in [-0.15, -0.1) is 0 Å². The van der Waals surface area contributed by atoms with E-state index in [2.05, 4.69) is 0 Å². The normalized spacial score (nSPS) is 9.38. The van der Waals surface area contributed by atoms with E-state index in [0.717, 1.165) is 19.6 Å². The van der Waals surface area contributed by atoms with E-state index < -0.39 is 0 Å². The topological polar surface area (TPSA) is 35.2 Å². The zero-order valence-electron chi connectivity index (χ0n) is 5.68. The molecule has 0 aliphatic heterocycles. The summed E-state index contributed by atoms with van der Waals surface area (Å²) in [7, 11) is 0. The van der Waals surface area contributed by atoms with Gasteiger partial charge >= 0.3 is 0 Å². The summed E-state index contributed by atoms with van der Waals surface area (Å²) in [6.45, 7) is 5.93. The standard InChI is InChI=1S/C5H14BNO/c1-6(2)8-5-3-4-7/h3-5,7H2,1-2H3. The lowest BCUT2D eigenvalue weighted by Crippen LogP contribution is -2.11. The maximum absolute atomic E-state index is 5.23. The smallest absolute Gasteiger partial charge is 0.286 e. The molecule has 0 fully saturated rings. The van der Waals surface area contributed by atoms with Crippen LogP contribution in [0.25, 0.3) is 0 Å². The minimum absolute atomic E-state index is 0.349. The van der Waals surface area contributed by atoms with Crippen LogP contribution in [0.1, 0.15) is 6.42 Å². The molecule has 0 amide bonds. The Kier molecular flexibility index (Phi) is 5.12. The van der Waals surface area contributed by atoms with Gasteiger partial charge in [-0.05, 0) is 13.0 Å². The second-order valence-corrected chi connectivity index (χ2v) is 2.06. The highest BCUT2D eigenvalue weighted by molar-refractivity contribution is 6.48. The lowest BCUT2D eigenvalue weighted by atomic mass is 9.75. The van der Waals surface area contributed by atoms with Gasteiger partial charge in [0.2, 0.25) is 0 Å². The monoisotopic (exact) mass is 115 g/mol. The lowest BCUT2D eigenvalue weighted by Gasteiger charge is -2.01. The zero-order valence-corrected chi connectivity index (χ0v) is 5.68. The molecule has 2 nitrogen and oxygen atoms in total. The van der Waals surface area contributed by atoms with Gasteiger partial charge in [0.05, 0.1) is 0 Å². The molecule has 0 aromatic rings. The van der Waals surface area contributed by atoms with Crippen molar-refractivity contribution in [3.05, 3.63) is 0 Å². The third-order valence-corrected chi connectivity index (χ3v) is 0.800. The maximum Gasteiger partial charge on any atom is 0.286 e. The Morgan fingerprint density at radius 1 is 1.50 bits per heavy atom. The quantitative estimate of drug-likeness (QED) is 0.430. The minimum Gasteiger partial charge on any atom is -0.436 e. The number of nitrogens with two attached hydrogens (primary N) is 1. The lowest BCUT2D eigenvalue weighted by molar-refractivity contribution is 0.321. The molecule has 0 heterocycles. The van der Waals surface area contributed by atoms with Crippen LogP contribution in [0, 0.1) is 0 Å². The van der Waals surface area contributed by atoms with E-state index in [4.69, 9.17) is 10.4 Å². The van der Waals surface area contributed by atoms with Crippen LogP contribution in [-0.4, -0.2) is 20.1 Å². The molecule has 0 spiro atoms. The third-order valence-electron chi connectivity index (χ3n) is 0.800. The molecule has 0 unspecified atom stereocenters. The Hall–Kier alpha value is -0.0151. The highest BCUT2D eigenvalue weighted by Gasteiger charge is 1.95. The van der Waals surface area contributed by atoms with Crippen molar-refractivity contribution in [2.75, 3.05) is 13.2 Å². The summed E-state index contributed by atoms with van der Waals surface area (Å²) in [6, 6.07) is 0. The Morgan fingerprint density at radius 2 is 2.12 bits per heavy atom. The van der Waals surface area contributed by atoms with Crippen molar-refractivity contribution in [3.63, 3.8) is 0 Å². The molecular weight excluding hydrogens is 101 g/mol. The van der Waals surface area contributed by atoms with Crippen molar-refractivity contribution in [3.8, 4) is 0 Å². The van der Waals surface area contributed by atoms with Gasteiger partial charge in [-0.3, -0.25) is 0 Å². The van der Waals surface area contributed by atoms with Crippen LogP contribution in [0.5, 0.6) is 0 Å². The van der Waals surface area contributed by atoms with Crippen molar-refractivity contribution in [2.24, 2.45) is 5.73 Å². The number of hydrogen-bond donors (Lipinski definition) is 1. The Balaban J connectivity index is 2.72. The highest BCUT2D eigenvalue weighted by Crippen LogP contribution is 1.84. The molecule has 8 heavy (non-hydrogen) atoms. The van der Waals surface area contributed by atoms with Crippen LogP contribution in [-0.2, 0) is 4.65 Å². The maximum atomic E-state index is 5.23. The first-order chi connectivity index (χ1) is 3.77. The predicted octanol–water partition coefficient (Wildman–Crippen LogP) is 0.603. The average Bonchev–Trinajstić information content (AvgIpc) is 1.66. The summed E-state index contributed by atoms with van der Waals surface area (Å²) in [6.07, 6.45) is 0.970. The Labute approximate surface area is 51.5 Å². The van der Waals surface area contributed by atoms with E-state index in [-0.39, 0.29) is 0 Å². The van der Waals surface area contributed by atoms with Crippen molar-refractivity contribution in [1.29, 1.82) is 0 Å². The molecule has 0 aromatic heterocycles. The van der Waals surface area contributed by atoms with Gasteiger partial charge in [0, 0.05) is 6.61 Å². The summed E-state index contributed by atoms with van der Waals surface area (Å²) < 4.78 is 5.20. The fourth-order valence-corrected chi connectivity index (χ4v) is 0.402. The van der Waals surface area contributed by atoms with Crippen LogP contribution in [0.2, 0.25) is 13.6 Å². The summed E-state index contributed by atoms with van der Waals surface area (Å²) >= 11 is 0. The van der Waals surface area contributed by atoms with E-state index in [9.17, 15) is 0 Å². The minimum atomic E-state index is 0.349. The first kappa shape index (κ1) is 7.98. The Morgan fingerprint density at radius 3 is 2.50 bits per heavy atom. The zero-order chi connectivity index (χ0) is 6.41. The molecule has 0 rings (SSSR count). The SMILES string of the molecule is CB(C)OCCCN. The first-order valence-corrected chi connectivity index (χ1v) is 3.09. The van der Waals surface area contributed by atoms with Crippen LogP contribution in [0.3, 0.4) is 0 Å². The second-order valence-electron chi connectivity index (χ2n) is 2.06. The summed E-state index contributed by atoms with van der Waals surface area (Å²) in [5.41, 5.74) is 5.23. The van der Waals surface area contributed by atoms with E-state index in [1.165, 1.54) is 0 Å². The largest absolute Gasteiger partial charge is 0.436 e. The van der Waals surface area contributed by atoms with Crippen molar-refractivity contribution in [1.82, 2.24) is 0 Å². The molecule has 0 bridgehead atoms. The van der Waals surface area contributed by atoms with E-state index in [1.54, 1.807) is 0 Å². The molecular formula is C5H14BNO. The Bertz CT molecular complexity index is 49.7. The molecule has 2 N–H and O–H groups in total. The summed E-state index contributed by atoms with van der Waals surface area (Å²) in [4.78, 5) is 0. The molecule has 3 heteroatoms. The van der Waals surface area contributed by atoms with Gasteiger partial charge in [-0.2, -0.15) is 0 Å². The number of hydrogen-bond acceptors (Lipinski definition) is 2. The van der Waals surface area contributed by atoms with E-state index in [1.807, 2.05) is 13.6 Å². The molecule has 0 saturated heterocycles. The summed E-state index contributed by atoms with van der Waals surface area (Å²) in [5, 5.41) is 0. The summed E-state index contributed by atoms with van der Waals surface area (Å²) in [5.74, 6) is 0. The average molecular weight is 115 g/mol. The van der Waals surface area contributed by atoms with E-state index >= 15 is 0 Å². The molecule has 48 valence electrons. The van der Waals surface area contributed by atoms with Gasteiger partial charge < -0.3 is 10.4 Å². The van der Waals surface area contributed by atoms with Crippen molar-refractivity contribution < 1.29 is 4.65 Å². The predicted molar refractivity (Wildman–Crippen MR) is 37.1 cm³/mol. The van der Waals surface area contributed by atoms with Crippen LogP contribution >= 0.6 is 0 Å². The molecule has 0 saturated carbocycles. The van der Waals surface area contributed by atoms with Crippen LogP contribution < -0.4 is 5.73 Å². The number of rotatable bonds is 4.